The number of hydrogen-bond donors (Lipinski definition) is 1. The lowest BCUT2D eigenvalue weighted by Gasteiger charge is -2.29. The van der Waals surface area contributed by atoms with E-state index in [2.05, 4.69) is 20.8 Å². The van der Waals surface area contributed by atoms with Gasteiger partial charge in [-0.25, -0.2) is 4.39 Å². The molecule has 1 aliphatic carbocycles. The summed E-state index contributed by atoms with van der Waals surface area (Å²) >= 11 is 3.50. The van der Waals surface area contributed by atoms with Crippen molar-refractivity contribution in [2.24, 2.45) is 11.7 Å². The van der Waals surface area contributed by atoms with Crippen LogP contribution in [0.25, 0.3) is 0 Å². The molecule has 1 aromatic rings. The second kappa shape index (κ2) is 4.91. The van der Waals surface area contributed by atoms with Gasteiger partial charge in [-0.05, 0) is 56.0 Å². The molecule has 1 heterocycles. The molecule has 0 bridgehead atoms. The molecule has 98 valence electrons. The highest BCUT2D eigenvalue weighted by Crippen LogP contribution is 2.45. The smallest absolute Gasteiger partial charge is 0.124 e. The van der Waals surface area contributed by atoms with Crippen LogP contribution in [-0.4, -0.2) is 24.0 Å². The van der Waals surface area contributed by atoms with Gasteiger partial charge in [0.15, 0.2) is 0 Å². The lowest BCUT2D eigenvalue weighted by Crippen LogP contribution is -2.30. The molecule has 1 saturated heterocycles. The molecule has 1 saturated carbocycles. The van der Waals surface area contributed by atoms with Gasteiger partial charge in [0.2, 0.25) is 0 Å². The molecule has 2 nitrogen and oxygen atoms in total. The summed E-state index contributed by atoms with van der Waals surface area (Å²) in [4.78, 5) is 2.57. The number of rotatable bonds is 3. The largest absolute Gasteiger partial charge is 0.330 e. The Morgan fingerprint density at radius 2 is 2.11 bits per heavy atom. The normalized spacial score (nSPS) is 28.8. The van der Waals surface area contributed by atoms with E-state index in [1.54, 1.807) is 12.1 Å². The summed E-state index contributed by atoms with van der Waals surface area (Å²) in [5.74, 6) is 0.304. The lowest BCUT2D eigenvalue weighted by atomic mass is 9.93. The summed E-state index contributed by atoms with van der Waals surface area (Å²) in [5.41, 5.74) is 7.10. The Morgan fingerprint density at radius 3 is 2.72 bits per heavy atom. The van der Waals surface area contributed by atoms with Gasteiger partial charge in [0.1, 0.15) is 5.82 Å². The third-order valence-electron chi connectivity index (χ3n) is 4.16. The third kappa shape index (κ3) is 2.22. The van der Waals surface area contributed by atoms with E-state index >= 15 is 0 Å². The summed E-state index contributed by atoms with van der Waals surface area (Å²) in [6.07, 6.45) is 3.75. The predicted octanol–water partition coefficient (Wildman–Crippen LogP) is 3.07. The zero-order chi connectivity index (χ0) is 12.7. The van der Waals surface area contributed by atoms with E-state index in [1.807, 2.05) is 6.07 Å². The minimum Gasteiger partial charge on any atom is -0.330 e. The van der Waals surface area contributed by atoms with Gasteiger partial charge in [-0.2, -0.15) is 0 Å². The van der Waals surface area contributed by atoms with Gasteiger partial charge in [-0.3, -0.25) is 4.90 Å². The molecule has 2 N–H and O–H groups in total. The van der Waals surface area contributed by atoms with Crippen LogP contribution < -0.4 is 5.73 Å². The van der Waals surface area contributed by atoms with Crippen LogP contribution in [-0.2, 0) is 0 Å². The third-order valence-corrected chi connectivity index (χ3v) is 4.85. The molecular weight excluding hydrogens is 295 g/mol. The second-order valence-electron chi connectivity index (χ2n) is 5.36. The van der Waals surface area contributed by atoms with E-state index < -0.39 is 0 Å². The van der Waals surface area contributed by atoms with E-state index in [1.165, 1.54) is 18.4 Å². The van der Waals surface area contributed by atoms with Gasteiger partial charge in [-0.1, -0.05) is 22.0 Å². The van der Waals surface area contributed by atoms with Crippen LogP contribution in [0.2, 0.25) is 0 Å². The van der Waals surface area contributed by atoms with Gasteiger partial charge >= 0.3 is 0 Å². The minimum absolute atomic E-state index is 0.189. The van der Waals surface area contributed by atoms with Crippen LogP contribution in [0.4, 0.5) is 4.39 Å². The summed E-state index contributed by atoms with van der Waals surface area (Å²) in [5, 5.41) is 0. The van der Waals surface area contributed by atoms with Gasteiger partial charge in [0.25, 0.3) is 0 Å². The fourth-order valence-electron chi connectivity index (χ4n) is 3.12. The Balaban J connectivity index is 1.94. The van der Waals surface area contributed by atoms with E-state index in [0.717, 1.165) is 23.5 Å². The molecule has 1 aromatic carbocycles. The lowest BCUT2D eigenvalue weighted by molar-refractivity contribution is 0.219. The van der Waals surface area contributed by atoms with Crippen LogP contribution in [0.5, 0.6) is 0 Å². The van der Waals surface area contributed by atoms with Crippen LogP contribution in [0.15, 0.2) is 22.7 Å². The van der Waals surface area contributed by atoms with Crippen molar-refractivity contribution < 1.29 is 4.39 Å². The molecule has 0 spiro atoms. The molecule has 4 heteroatoms. The van der Waals surface area contributed by atoms with Crippen LogP contribution in [0, 0.1) is 11.7 Å². The van der Waals surface area contributed by atoms with Crippen LogP contribution in [0.3, 0.4) is 0 Å². The highest BCUT2D eigenvalue weighted by atomic mass is 79.9. The summed E-state index contributed by atoms with van der Waals surface area (Å²) in [6, 6.07) is 6.11. The van der Waals surface area contributed by atoms with Crippen molar-refractivity contribution in [3.63, 3.8) is 0 Å². The van der Waals surface area contributed by atoms with Crippen molar-refractivity contribution in [3.8, 4) is 0 Å². The maximum atomic E-state index is 13.2. The average Bonchev–Trinajstić information content (AvgIpc) is 3.10. The Labute approximate surface area is 115 Å². The average molecular weight is 313 g/mol. The molecule has 1 aliphatic heterocycles. The summed E-state index contributed by atoms with van der Waals surface area (Å²) < 4.78 is 14.1. The number of nitrogens with two attached hydrogens (primary N) is 1. The fraction of sp³-hybridized carbons (Fsp3) is 0.571. The SMILES string of the molecule is NCC1CCN(C2CC2)C1c1ccc(F)cc1Br. The highest BCUT2D eigenvalue weighted by molar-refractivity contribution is 9.10. The predicted molar refractivity (Wildman–Crippen MR) is 73.7 cm³/mol. The summed E-state index contributed by atoms with van der Waals surface area (Å²) in [6.45, 7) is 1.83. The molecule has 2 aliphatic rings. The quantitative estimate of drug-likeness (QED) is 0.929. The Morgan fingerprint density at radius 1 is 1.33 bits per heavy atom. The molecular formula is C14H18BrFN2. The van der Waals surface area contributed by atoms with Gasteiger partial charge in [-0.15, -0.1) is 0 Å². The maximum Gasteiger partial charge on any atom is 0.124 e. The Hall–Kier alpha value is -0.450. The van der Waals surface area contributed by atoms with E-state index in [4.69, 9.17) is 5.73 Å². The highest BCUT2D eigenvalue weighted by Gasteiger charge is 2.42. The Bertz CT molecular complexity index is 447. The van der Waals surface area contributed by atoms with E-state index in [0.29, 0.717) is 18.5 Å². The first-order valence-corrected chi connectivity index (χ1v) is 7.40. The minimum atomic E-state index is -0.189. The molecule has 0 amide bonds. The van der Waals surface area contributed by atoms with Gasteiger partial charge < -0.3 is 5.73 Å². The standard InChI is InChI=1S/C14H18BrFN2/c15-13-7-10(16)1-4-12(13)14-9(8-17)5-6-18(14)11-2-3-11/h1,4,7,9,11,14H,2-3,5-6,8,17H2. The first-order chi connectivity index (χ1) is 8.70. The fourth-order valence-corrected chi connectivity index (χ4v) is 3.70. The van der Waals surface area contributed by atoms with Crippen molar-refractivity contribution in [3.05, 3.63) is 34.1 Å². The molecule has 2 fully saturated rings. The monoisotopic (exact) mass is 312 g/mol. The van der Waals surface area contributed by atoms with Crippen molar-refractivity contribution in [2.75, 3.05) is 13.1 Å². The van der Waals surface area contributed by atoms with Gasteiger partial charge in [0, 0.05) is 16.6 Å². The molecule has 2 atom stereocenters. The molecule has 18 heavy (non-hydrogen) atoms. The Kier molecular flexibility index (Phi) is 3.43. The second-order valence-corrected chi connectivity index (χ2v) is 6.22. The van der Waals surface area contributed by atoms with Crippen molar-refractivity contribution in [2.45, 2.75) is 31.3 Å². The number of nitrogens with zero attached hydrogens (tertiary/aromatic N) is 1. The molecule has 0 radical (unpaired) electrons. The first kappa shape index (κ1) is 12.6. The van der Waals surface area contributed by atoms with Crippen molar-refractivity contribution in [1.29, 1.82) is 0 Å². The number of likely N-dealkylation sites (tertiary alicyclic amines) is 1. The number of hydrogen-bond acceptors (Lipinski definition) is 2. The maximum absolute atomic E-state index is 13.2. The molecule has 0 aromatic heterocycles. The van der Waals surface area contributed by atoms with Crippen molar-refractivity contribution >= 4 is 15.9 Å². The first-order valence-electron chi connectivity index (χ1n) is 6.61. The molecule has 3 rings (SSSR count). The van der Waals surface area contributed by atoms with E-state index in [9.17, 15) is 4.39 Å². The zero-order valence-electron chi connectivity index (χ0n) is 10.3. The topological polar surface area (TPSA) is 29.3 Å². The molecule has 2 unspecified atom stereocenters. The van der Waals surface area contributed by atoms with Gasteiger partial charge in [0.05, 0.1) is 0 Å². The zero-order valence-corrected chi connectivity index (χ0v) is 11.9. The van der Waals surface area contributed by atoms with Crippen LogP contribution in [0.1, 0.15) is 30.9 Å². The van der Waals surface area contributed by atoms with E-state index in [-0.39, 0.29) is 5.82 Å². The number of benzene rings is 1. The number of halogens is 2. The van der Waals surface area contributed by atoms with Crippen molar-refractivity contribution in [1.82, 2.24) is 4.90 Å². The summed E-state index contributed by atoms with van der Waals surface area (Å²) in [7, 11) is 0. The van der Waals surface area contributed by atoms with Crippen LogP contribution >= 0.6 is 15.9 Å².